The average molecular weight is 392 g/mol. The first-order valence-electron chi connectivity index (χ1n) is 9.21. The Morgan fingerprint density at radius 1 is 1.22 bits per heavy atom. The number of nitrogens with zero attached hydrogens (tertiary/aromatic N) is 2. The van der Waals surface area contributed by atoms with Crippen LogP contribution in [0.3, 0.4) is 0 Å². The van der Waals surface area contributed by atoms with Gasteiger partial charge in [-0.2, -0.15) is 0 Å². The van der Waals surface area contributed by atoms with E-state index < -0.39 is 0 Å². The number of aromatic nitrogens is 2. The Hall–Kier alpha value is -1.86. The van der Waals surface area contributed by atoms with Gasteiger partial charge in [0.1, 0.15) is 0 Å². The lowest BCUT2D eigenvalue weighted by Gasteiger charge is -2.18. The number of amides is 1. The van der Waals surface area contributed by atoms with Gasteiger partial charge in [-0.25, -0.2) is 0 Å². The van der Waals surface area contributed by atoms with Crippen LogP contribution in [0.1, 0.15) is 46.6 Å². The molecule has 0 aliphatic heterocycles. The van der Waals surface area contributed by atoms with Gasteiger partial charge in [-0.3, -0.25) is 4.79 Å². The number of rotatable bonds is 9. The van der Waals surface area contributed by atoms with Gasteiger partial charge in [0.25, 0.3) is 5.22 Å². The normalized spacial score (nSPS) is 11.8. The van der Waals surface area contributed by atoms with Gasteiger partial charge in [0.05, 0.1) is 11.9 Å². The monoisotopic (exact) mass is 391 g/mol. The van der Waals surface area contributed by atoms with Crippen molar-refractivity contribution < 1.29 is 13.9 Å². The maximum atomic E-state index is 11.9. The summed E-state index contributed by atoms with van der Waals surface area (Å²) in [5.74, 6) is 0.651. The van der Waals surface area contributed by atoms with Gasteiger partial charge in [0.15, 0.2) is 0 Å². The quantitative estimate of drug-likeness (QED) is 0.513. The lowest BCUT2D eigenvalue weighted by molar-refractivity contribution is -0.118. The van der Waals surface area contributed by atoms with E-state index in [0.717, 1.165) is 12.0 Å². The molecule has 0 radical (unpaired) electrons. The van der Waals surface area contributed by atoms with Gasteiger partial charge < -0.3 is 14.5 Å². The smallest absolute Gasteiger partial charge is 0.277 e. The molecule has 0 saturated carbocycles. The molecule has 2 rings (SSSR count). The zero-order valence-corrected chi connectivity index (χ0v) is 17.6. The first-order valence-corrected chi connectivity index (χ1v) is 10.2. The van der Waals surface area contributed by atoms with Crippen molar-refractivity contribution in [1.82, 2.24) is 15.5 Å². The van der Waals surface area contributed by atoms with Gasteiger partial charge >= 0.3 is 0 Å². The lowest BCUT2D eigenvalue weighted by atomic mass is 9.87. The summed E-state index contributed by atoms with van der Waals surface area (Å²) in [6.07, 6.45) is 1.01. The highest BCUT2D eigenvalue weighted by molar-refractivity contribution is 7.99. The fourth-order valence-corrected chi connectivity index (χ4v) is 2.89. The molecule has 1 heterocycles. The Kier molecular flexibility index (Phi) is 7.86. The molecule has 27 heavy (non-hydrogen) atoms. The zero-order chi connectivity index (χ0) is 19.9. The molecule has 1 amide bonds. The van der Waals surface area contributed by atoms with Crippen molar-refractivity contribution in [3.05, 3.63) is 29.8 Å². The highest BCUT2D eigenvalue weighted by Gasteiger charge is 2.15. The van der Waals surface area contributed by atoms with Gasteiger partial charge in [0, 0.05) is 18.7 Å². The number of carbonyl (C=O) groups excluding carboxylic acids is 1. The van der Waals surface area contributed by atoms with E-state index in [1.165, 1.54) is 17.3 Å². The molecule has 1 aromatic heterocycles. The number of benzene rings is 1. The van der Waals surface area contributed by atoms with Gasteiger partial charge in [0.2, 0.25) is 11.8 Å². The fraction of sp³-hybridized carbons (Fsp3) is 0.550. The molecule has 7 heteroatoms. The second-order valence-corrected chi connectivity index (χ2v) is 8.54. The molecule has 1 N–H and O–H groups in total. The number of hydrogen-bond acceptors (Lipinski definition) is 6. The van der Waals surface area contributed by atoms with E-state index in [1.807, 2.05) is 26.0 Å². The molecular formula is C20H29N3O3S. The minimum atomic E-state index is -0.0566. The van der Waals surface area contributed by atoms with Gasteiger partial charge in [-0.05, 0) is 43.4 Å². The molecule has 148 valence electrons. The summed E-state index contributed by atoms with van der Waals surface area (Å²) in [4.78, 5) is 11.9. The summed E-state index contributed by atoms with van der Waals surface area (Å²) in [6, 6.07) is 8.11. The third kappa shape index (κ3) is 7.34. The van der Waals surface area contributed by atoms with Crippen LogP contribution in [0.4, 0.5) is 0 Å². The standard InChI is InChI=1S/C20H29N3O3S/c1-14(2)25-12-6-11-21-17(24)13-27-19-23-22-18(26-19)15-7-9-16(10-8-15)20(3,4)5/h7-10,14H,6,11-13H2,1-5H3,(H,21,24). The number of hydrogen-bond donors (Lipinski definition) is 1. The summed E-state index contributed by atoms with van der Waals surface area (Å²) >= 11 is 1.24. The fourth-order valence-electron chi connectivity index (χ4n) is 2.29. The van der Waals surface area contributed by atoms with E-state index in [0.29, 0.717) is 24.3 Å². The Bertz CT molecular complexity index is 721. The predicted molar refractivity (Wildman–Crippen MR) is 108 cm³/mol. The van der Waals surface area contributed by atoms with Crippen molar-refractivity contribution in [2.24, 2.45) is 0 Å². The van der Waals surface area contributed by atoms with Crippen molar-refractivity contribution in [3.63, 3.8) is 0 Å². The minimum absolute atomic E-state index is 0.0566. The van der Waals surface area contributed by atoms with Crippen molar-refractivity contribution in [3.8, 4) is 11.5 Å². The molecule has 0 aliphatic carbocycles. The van der Waals surface area contributed by atoms with Gasteiger partial charge in [-0.15, -0.1) is 10.2 Å². The maximum Gasteiger partial charge on any atom is 0.277 e. The highest BCUT2D eigenvalue weighted by Crippen LogP contribution is 2.27. The largest absolute Gasteiger partial charge is 0.411 e. The summed E-state index contributed by atoms with van der Waals surface area (Å²) in [7, 11) is 0. The first-order chi connectivity index (χ1) is 12.8. The molecule has 0 saturated heterocycles. The van der Waals surface area contributed by atoms with Crippen LogP contribution in [0.25, 0.3) is 11.5 Å². The summed E-state index contributed by atoms with van der Waals surface area (Å²) in [6.45, 7) is 11.7. The first kappa shape index (κ1) is 21.4. The third-order valence-electron chi connectivity index (χ3n) is 3.83. The van der Waals surface area contributed by atoms with Crippen LogP contribution in [0, 0.1) is 0 Å². The van der Waals surface area contributed by atoms with Crippen LogP contribution in [-0.4, -0.2) is 41.1 Å². The molecule has 0 aliphatic rings. The Labute approximate surface area is 165 Å². The number of ether oxygens (including phenoxy) is 1. The molecular weight excluding hydrogens is 362 g/mol. The van der Waals surface area contributed by atoms with E-state index >= 15 is 0 Å². The second kappa shape index (κ2) is 9.90. The van der Waals surface area contributed by atoms with E-state index in [1.54, 1.807) is 0 Å². The molecule has 2 aromatic rings. The van der Waals surface area contributed by atoms with Crippen molar-refractivity contribution in [2.45, 2.75) is 57.8 Å². The third-order valence-corrected chi connectivity index (χ3v) is 4.64. The Morgan fingerprint density at radius 2 is 1.93 bits per heavy atom. The highest BCUT2D eigenvalue weighted by atomic mass is 32.2. The van der Waals surface area contributed by atoms with Crippen LogP contribution in [0.15, 0.2) is 33.9 Å². The second-order valence-electron chi connectivity index (χ2n) is 7.61. The number of carbonyl (C=O) groups is 1. The Balaban J connectivity index is 1.78. The molecule has 0 bridgehead atoms. The van der Waals surface area contributed by atoms with Crippen LogP contribution in [-0.2, 0) is 14.9 Å². The number of thioether (sulfide) groups is 1. The van der Waals surface area contributed by atoms with Crippen LogP contribution in [0.2, 0.25) is 0 Å². The molecule has 6 nitrogen and oxygen atoms in total. The van der Waals surface area contributed by atoms with E-state index in [9.17, 15) is 4.79 Å². The van der Waals surface area contributed by atoms with Crippen molar-refractivity contribution in [2.75, 3.05) is 18.9 Å². The van der Waals surface area contributed by atoms with E-state index in [-0.39, 0.29) is 23.2 Å². The van der Waals surface area contributed by atoms with E-state index in [2.05, 4.69) is 48.4 Å². The summed E-state index contributed by atoms with van der Waals surface area (Å²) in [5, 5.41) is 11.3. The molecule has 1 aromatic carbocycles. The van der Waals surface area contributed by atoms with Crippen molar-refractivity contribution >= 4 is 17.7 Å². The van der Waals surface area contributed by atoms with Crippen molar-refractivity contribution in [1.29, 1.82) is 0 Å². The lowest BCUT2D eigenvalue weighted by Crippen LogP contribution is -2.27. The minimum Gasteiger partial charge on any atom is -0.411 e. The SMILES string of the molecule is CC(C)OCCCNC(=O)CSc1nnc(-c2ccc(C(C)(C)C)cc2)o1. The van der Waals surface area contributed by atoms with Gasteiger partial charge in [-0.1, -0.05) is 44.7 Å². The molecule has 0 unspecified atom stereocenters. The molecule has 0 spiro atoms. The predicted octanol–water partition coefficient (Wildman–Crippen LogP) is 4.06. The van der Waals surface area contributed by atoms with Crippen LogP contribution < -0.4 is 5.32 Å². The molecule has 0 fully saturated rings. The maximum absolute atomic E-state index is 11.9. The van der Waals surface area contributed by atoms with Crippen LogP contribution >= 0.6 is 11.8 Å². The summed E-state index contributed by atoms with van der Waals surface area (Å²) in [5.41, 5.74) is 2.22. The van der Waals surface area contributed by atoms with Crippen LogP contribution in [0.5, 0.6) is 0 Å². The Morgan fingerprint density at radius 3 is 2.56 bits per heavy atom. The zero-order valence-electron chi connectivity index (χ0n) is 16.7. The van der Waals surface area contributed by atoms with E-state index in [4.69, 9.17) is 9.15 Å². The summed E-state index contributed by atoms with van der Waals surface area (Å²) < 4.78 is 11.1. The number of nitrogens with one attached hydrogen (secondary N) is 1. The topological polar surface area (TPSA) is 77.2 Å². The average Bonchev–Trinajstić information content (AvgIpc) is 3.08. The molecule has 0 atom stereocenters.